The Morgan fingerprint density at radius 3 is 2.57 bits per heavy atom. The number of nitrogens with zero attached hydrogens (tertiary/aromatic N) is 1. The molecule has 0 saturated carbocycles. The summed E-state index contributed by atoms with van der Waals surface area (Å²) in [5, 5.41) is 15.6. The van der Waals surface area contributed by atoms with Crippen LogP contribution in [0.3, 0.4) is 0 Å². The minimum Gasteiger partial charge on any atom is -0.490 e. The van der Waals surface area contributed by atoms with Crippen molar-refractivity contribution in [2.24, 2.45) is 0 Å². The summed E-state index contributed by atoms with van der Waals surface area (Å²) in [6, 6.07) is 15.0. The third kappa shape index (κ3) is 7.02. The third-order valence-electron chi connectivity index (χ3n) is 4.17. The Morgan fingerprint density at radius 2 is 1.87 bits per heavy atom. The van der Waals surface area contributed by atoms with E-state index < -0.39 is 5.91 Å². The van der Waals surface area contributed by atoms with Gasteiger partial charge in [0, 0.05) is 24.3 Å². The lowest BCUT2D eigenvalue weighted by Crippen LogP contribution is -2.25. The van der Waals surface area contributed by atoms with Gasteiger partial charge in [-0.1, -0.05) is 35.9 Å². The molecule has 0 aliphatic carbocycles. The highest BCUT2D eigenvalue weighted by Crippen LogP contribution is 2.28. The van der Waals surface area contributed by atoms with Crippen molar-refractivity contribution < 1.29 is 14.3 Å². The monoisotopic (exact) mass is 427 g/mol. The minimum atomic E-state index is -0.454. The van der Waals surface area contributed by atoms with E-state index in [4.69, 9.17) is 21.1 Å². The molecule has 7 heteroatoms. The Hall–Kier alpha value is -3.17. The molecular formula is C23H26ClN3O3. The number of hydrogen-bond donors (Lipinski definition) is 2. The lowest BCUT2D eigenvalue weighted by molar-refractivity contribution is -0.117. The second-order valence-corrected chi connectivity index (χ2v) is 6.70. The Balaban J connectivity index is 1.88. The molecule has 2 aromatic rings. The number of amides is 1. The zero-order chi connectivity index (χ0) is 21.8. The van der Waals surface area contributed by atoms with E-state index in [1.54, 1.807) is 6.07 Å². The predicted molar refractivity (Wildman–Crippen MR) is 117 cm³/mol. The number of benzene rings is 2. The van der Waals surface area contributed by atoms with Crippen LogP contribution < -0.4 is 20.1 Å². The van der Waals surface area contributed by atoms with E-state index in [-0.39, 0.29) is 12.1 Å². The number of halogens is 1. The van der Waals surface area contributed by atoms with Gasteiger partial charge in [0.15, 0.2) is 11.5 Å². The van der Waals surface area contributed by atoms with E-state index in [9.17, 15) is 10.1 Å². The van der Waals surface area contributed by atoms with Crippen molar-refractivity contribution in [2.75, 3.05) is 19.8 Å². The second kappa shape index (κ2) is 12.4. The average molecular weight is 428 g/mol. The van der Waals surface area contributed by atoms with E-state index >= 15 is 0 Å². The van der Waals surface area contributed by atoms with Gasteiger partial charge in [-0.3, -0.25) is 4.79 Å². The molecule has 0 bridgehead atoms. The highest BCUT2D eigenvalue weighted by molar-refractivity contribution is 6.31. The maximum atomic E-state index is 12.2. The van der Waals surface area contributed by atoms with Gasteiger partial charge >= 0.3 is 0 Å². The maximum absolute atomic E-state index is 12.2. The highest BCUT2D eigenvalue weighted by atomic mass is 35.5. The van der Waals surface area contributed by atoms with Crippen molar-refractivity contribution >= 4 is 17.5 Å². The van der Waals surface area contributed by atoms with Gasteiger partial charge < -0.3 is 20.1 Å². The number of rotatable bonds is 11. The van der Waals surface area contributed by atoms with Crippen LogP contribution in [0.5, 0.6) is 11.5 Å². The number of carbonyl (C=O) groups excluding carboxylic acids is 1. The first-order valence-corrected chi connectivity index (χ1v) is 10.2. The number of ether oxygens (including phenoxy) is 2. The van der Waals surface area contributed by atoms with Crippen molar-refractivity contribution in [2.45, 2.75) is 26.8 Å². The number of hydrogen-bond acceptors (Lipinski definition) is 5. The van der Waals surface area contributed by atoms with E-state index in [1.165, 1.54) is 6.20 Å². The van der Waals surface area contributed by atoms with Crippen molar-refractivity contribution in [1.82, 2.24) is 10.6 Å². The number of nitrogens with one attached hydrogen (secondary N) is 2. The lowest BCUT2D eigenvalue weighted by Gasteiger charge is -2.12. The molecule has 0 saturated heterocycles. The number of nitriles is 1. The number of carbonyl (C=O) groups is 1. The molecule has 1 amide bonds. The molecule has 2 aromatic carbocycles. The van der Waals surface area contributed by atoms with E-state index in [0.29, 0.717) is 37.0 Å². The summed E-state index contributed by atoms with van der Waals surface area (Å²) in [5.74, 6) is 0.978. The first-order chi connectivity index (χ1) is 14.6. The van der Waals surface area contributed by atoms with Crippen LogP contribution >= 0.6 is 11.6 Å². The van der Waals surface area contributed by atoms with Gasteiger partial charge in [-0.25, -0.2) is 0 Å². The molecule has 0 radical (unpaired) electrons. The van der Waals surface area contributed by atoms with Crippen molar-refractivity contribution in [3.8, 4) is 17.6 Å². The third-order valence-corrected chi connectivity index (χ3v) is 4.54. The van der Waals surface area contributed by atoms with Crippen molar-refractivity contribution in [3.05, 3.63) is 70.4 Å². The van der Waals surface area contributed by atoms with Crippen LogP contribution in [0.15, 0.2) is 54.2 Å². The Morgan fingerprint density at radius 1 is 1.13 bits per heavy atom. The fourth-order valence-corrected chi connectivity index (χ4v) is 2.91. The molecule has 30 heavy (non-hydrogen) atoms. The summed E-state index contributed by atoms with van der Waals surface area (Å²) in [6.07, 6.45) is 2.13. The van der Waals surface area contributed by atoms with Gasteiger partial charge in [-0.2, -0.15) is 5.26 Å². The Bertz CT molecular complexity index is 922. The summed E-state index contributed by atoms with van der Waals surface area (Å²) in [5.41, 5.74) is 1.85. The van der Waals surface area contributed by atoms with Gasteiger partial charge in [0.1, 0.15) is 11.6 Å². The predicted octanol–water partition coefficient (Wildman–Crippen LogP) is 3.99. The molecule has 0 aliphatic rings. The standard InChI is InChI=1S/C23H26ClN3O3/c1-3-29-21-10-9-17(13-22(21)30-4-2)11-12-26-15-19(14-25)23(28)27-16-18-7-5-6-8-20(18)24/h5-10,13,15,26H,3-4,11-12,16H2,1-2H3,(H,27,28)/b19-15-. The van der Waals surface area contributed by atoms with Crippen molar-refractivity contribution in [1.29, 1.82) is 5.26 Å². The van der Waals surface area contributed by atoms with E-state index in [2.05, 4.69) is 10.6 Å². The summed E-state index contributed by atoms with van der Waals surface area (Å²) in [7, 11) is 0. The largest absolute Gasteiger partial charge is 0.490 e. The molecule has 0 spiro atoms. The van der Waals surface area contributed by atoms with Crippen LogP contribution in [0.1, 0.15) is 25.0 Å². The van der Waals surface area contributed by atoms with Gasteiger partial charge in [-0.05, 0) is 49.6 Å². The van der Waals surface area contributed by atoms with Crippen LogP contribution in [-0.2, 0) is 17.8 Å². The lowest BCUT2D eigenvalue weighted by atomic mass is 10.1. The fourth-order valence-electron chi connectivity index (χ4n) is 2.70. The minimum absolute atomic E-state index is 0.00347. The summed E-state index contributed by atoms with van der Waals surface area (Å²) in [6.45, 7) is 5.79. The van der Waals surface area contributed by atoms with Crippen LogP contribution in [0, 0.1) is 11.3 Å². The van der Waals surface area contributed by atoms with Gasteiger partial charge in [-0.15, -0.1) is 0 Å². The average Bonchev–Trinajstić information content (AvgIpc) is 2.75. The van der Waals surface area contributed by atoms with Gasteiger partial charge in [0.2, 0.25) is 0 Å². The molecule has 0 aliphatic heterocycles. The smallest absolute Gasteiger partial charge is 0.263 e. The normalized spacial score (nSPS) is 10.8. The zero-order valence-corrected chi connectivity index (χ0v) is 18.0. The molecule has 2 N–H and O–H groups in total. The summed E-state index contributed by atoms with van der Waals surface area (Å²) < 4.78 is 11.2. The quantitative estimate of drug-likeness (QED) is 0.322. The van der Waals surface area contributed by atoms with Gasteiger partial charge in [0.25, 0.3) is 5.91 Å². The van der Waals surface area contributed by atoms with E-state index in [0.717, 1.165) is 16.9 Å². The van der Waals surface area contributed by atoms with Crippen molar-refractivity contribution in [3.63, 3.8) is 0 Å². The molecule has 2 rings (SSSR count). The second-order valence-electron chi connectivity index (χ2n) is 6.30. The molecule has 0 aromatic heterocycles. The Kier molecular flexibility index (Phi) is 9.56. The molecule has 0 atom stereocenters. The van der Waals surface area contributed by atoms with E-state index in [1.807, 2.05) is 56.3 Å². The molecule has 0 unspecified atom stereocenters. The van der Waals surface area contributed by atoms with Crippen LogP contribution in [0.2, 0.25) is 5.02 Å². The first kappa shape index (κ1) is 23.1. The summed E-state index contributed by atoms with van der Waals surface area (Å²) in [4.78, 5) is 12.2. The molecule has 0 heterocycles. The van der Waals surface area contributed by atoms with Crippen LogP contribution in [0.4, 0.5) is 0 Å². The fraction of sp³-hybridized carbons (Fsp3) is 0.304. The first-order valence-electron chi connectivity index (χ1n) is 9.82. The van der Waals surface area contributed by atoms with Gasteiger partial charge in [0.05, 0.1) is 13.2 Å². The summed E-state index contributed by atoms with van der Waals surface area (Å²) >= 11 is 6.08. The molecular weight excluding hydrogens is 402 g/mol. The topological polar surface area (TPSA) is 83.4 Å². The SMILES string of the molecule is CCOc1ccc(CCN/C=C(/C#N)C(=O)NCc2ccccc2Cl)cc1OCC. The molecule has 158 valence electrons. The Labute approximate surface area is 182 Å². The molecule has 6 nitrogen and oxygen atoms in total. The maximum Gasteiger partial charge on any atom is 0.263 e. The zero-order valence-electron chi connectivity index (χ0n) is 17.2. The highest BCUT2D eigenvalue weighted by Gasteiger charge is 2.10. The van der Waals surface area contributed by atoms with Crippen LogP contribution in [0.25, 0.3) is 0 Å². The van der Waals surface area contributed by atoms with Crippen LogP contribution in [-0.4, -0.2) is 25.7 Å². The molecule has 0 fully saturated rings.